The van der Waals surface area contributed by atoms with Gasteiger partial charge in [0, 0.05) is 17.1 Å². The molecule has 10 heteroatoms. The molecule has 226 valence electrons. The maximum Gasteiger partial charge on any atom is 0.264 e. The van der Waals surface area contributed by atoms with Gasteiger partial charge in [0.15, 0.2) is 0 Å². The first-order chi connectivity index (χ1) is 19.7. The summed E-state index contributed by atoms with van der Waals surface area (Å²) in [7, 11) is -2.77. The summed E-state index contributed by atoms with van der Waals surface area (Å²) in [5.74, 6) is -0.570. The number of carbonyl (C=O) groups excluding carboxylic acids is 2. The molecule has 3 aromatic carbocycles. The van der Waals surface area contributed by atoms with Crippen LogP contribution in [-0.2, 0) is 26.2 Å². The van der Waals surface area contributed by atoms with Crippen molar-refractivity contribution in [2.45, 2.75) is 71.0 Å². The number of nitrogens with one attached hydrogen (secondary N) is 1. The van der Waals surface area contributed by atoms with E-state index in [9.17, 15) is 18.0 Å². The van der Waals surface area contributed by atoms with Crippen LogP contribution in [0.2, 0.25) is 5.02 Å². The number of rotatable bonds is 11. The summed E-state index contributed by atoms with van der Waals surface area (Å²) in [6.07, 6.45) is 0.319. The molecule has 8 nitrogen and oxygen atoms in total. The first-order valence-electron chi connectivity index (χ1n) is 13.8. The zero-order chi connectivity index (χ0) is 31.2. The van der Waals surface area contributed by atoms with Gasteiger partial charge in [-0.05, 0) is 88.6 Å². The lowest BCUT2D eigenvalue weighted by Gasteiger charge is -2.35. The molecule has 1 atom stereocenters. The molecule has 0 spiro atoms. The minimum atomic E-state index is -4.22. The molecular weight excluding hydrogens is 574 g/mol. The fourth-order valence-electron chi connectivity index (χ4n) is 4.50. The quantitative estimate of drug-likeness (QED) is 0.291. The molecule has 42 heavy (non-hydrogen) atoms. The first kappa shape index (κ1) is 32.9. The predicted molar refractivity (Wildman–Crippen MR) is 167 cm³/mol. The van der Waals surface area contributed by atoms with Crippen molar-refractivity contribution in [3.05, 3.63) is 88.4 Å². The average molecular weight is 614 g/mol. The third kappa shape index (κ3) is 8.26. The Kier molecular flexibility index (Phi) is 10.7. The summed E-state index contributed by atoms with van der Waals surface area (Å²) in [5.41, 5.74) is 2.13. The van der Waals surface area contributed by atoms with E-state index < -0.39 is 34.1 Å². The monoisotopic (exact) mass is 613 g/mol. The highest BCUT2D eigenvalue weighted by molar-refractivity contribution is 7.92. The largest absolute Gasteiger partial charge is 0.495 e. The minimum Gasteiger partial charge on any atom is -0.495 e. The highest BCUT2D eigenvalue weighted by atomic mass is 35.5. The van der Waals surface area contributed by atoms with E-state index in [0.717, 1.165) is 21.0 Å². The smallest absolute Gasteiger partial charge is 0.264 e. The number of hydrogen-bond donors (Lipinski definition) is 1. The van der Waals surface area contributed by atoms with Crippen molar-refractivity contribution in [1.29, 1.82) is 0 Å². The van der Waals surface area contributed by atoms with Gasteiger partial charge in [0.05, 0.1) is 17.7 Å². The lowest BCUT2D eigenvalue weighted by Crippen LogP contribution is -2.55. The fraction of sp³-hybridized carbons (Fsp3) is 0.375. The van der Waals surface area contributed by atoms with Gasteiger partial charge in [-0.2, -0.15) is 0 Å². The Morgan fingerprint density at radius 2 is 1.55 bits per heavy atom. The maximum atomic E-state index is 14.3. The highest BCUT2D eigenvalue weighted by Crippen LogP contribution is 2.34. The van der Waals surface area contributed by atoms with E-state index in [4.69, 9.17) is 16.3 Å². The molecule has 0 radical (unpaired) electrons. The molecule has 3 aromatic rings. The van der Waals surface area contributed by atoms with E-state index >= 15 is 0 Å². The second-order valence-corrected chi connectivity index (χ2v) is 13.6. The van der Waals surface area contributed by atoms with Crippen molar-refractivity contribution < 1.29 is 22.7 Å². The molecule has 0 heterocycles. The topological polar surface area (TPSA) is 96.0 Å². The molecule has 0 aliphatic heterocycles. The van der Waals surface area contributed by atoms with E-state index in [1.54, 1.807) is 54.6 Å². The van der Waals surface area contributed by atoms with Gasteiger partial charge < -0.3 is 15.0 Å². The zero-order valence-corrected chi connectivity index (χ0v) is 26.8. The van der Waals surface area contributed by atoms with Gasteiger partial charge >= 0.3 is 0 Å². The maximum absolute atomic E-state index is 14.3. The molecule has 0 fully saturated rings. The molecule has 1 N–H and O–H groups in total. The lowest BCUT2D eigenvalue weighted by atomic mass is 10.1. The number of benzene rings is 3. The van der Waals surface area contributed by atoms with Gasteiger partial charge in [-0.3, -0.25) is 13.9 Å². The van der Waals surface area contributed by atoms with E-state index in [1.165, 1.54) is 24.1 Å². The van der Waals surface area contributed by atoms with Crippen LogP contribution in [0.3, 0.4) is 0 Å². The zero-order valence-electron chi connectivity index (χ0n) is 25.3. The van der Waals surface area contributed by atoms with Gasteiger partial charge in [0.1, 0.15) is 18.3 Å². The predicted octanol–water partition coefficient (Wildman–Crippen LogP) is 5.88. The molecular formula is C32H40ClN3O5S. The standard InChI is InChI=1S/C32H40ClN3O5S/c1-8-27(31(38)34-32(4,5)6)35(20-24-12-14-25(33)15-13-24)30(37)21-36(28-19-23(3)11-18-29(28)41-7)42(39,40)26-16-9-22(2)10-17-26/h9-19,27H,8,20-21H2,1-7H3,(H,34,38). The highest BCUT2D eigenvalue weighted by Gasteiger charge is 2.35. The number of carbonyl (C=O) groups is 2. The number of ether oxygens (including phenoxy) is 1. The van der Waals surface area contributed by atoms with Crippen LogP contribution in [-0.4, -0.2) is 50.4 Å². The van der Waals surface area contributed by atoms with Crippen molar-refractivity contribution in [2.24, 2.45) is 0 Å². The van der Waals surface area contributed by atoms with Gasteiger partial charge in [-0.25, -0.2) is 8.42 Å². The molecule has 0 saturated heterocycles. The van der Waals surface area contributed by atoms with Crippen LogP contribution in [0, 0.1) is 13.8 Å². The van der Waals surface area contributed by atoms with Gasteiger partial charge in [0.25, 0.3) is 10.0 Å². The number of nitrogens with zero attached hydrogens (tertiary/aromatic N) is 2. The summed E-state index contributed by atoms with van der Waals surface area (Å²) < 4.78 is 34.9. The minimum absolute atomic E-state index is 0.0335. The Hall–Kier alpha value is -3.56. The van der Waals surface area contributed by atoms with Crippen molar-refractivity contribution >= 4 is 39.1 Å². The van der Waals surface area contributed by atoms with Crippen molar-refractivity contribution in [3.63, 3.8) is 0 Å². The van der Waals surface area contributed by atoms with Crippen LogP contribution in [0.25, 0.3) is 0 Å². The van der Waals surface area contributed by atoms with Crippen molar-refractivity contribution in [1.82, 2.24) is 10.2 Å². The summed E-state index contributed by atoms with van der Waals surface area (Å²) >= 11 is 6.09. The summed E-state index contributed by atoms with van der Waals surface area (Å²) in [6.45, 7) is 10.6. The Bertz CT molecular complexity index is 1500. The Labute approximate surface area is 254 Å². The summed E-state index contributed by atoms with van der Waals surface area (Å²) in [5, 5.41) is 3.50. The van der Waals surface area contributed by atoms with E-state index in [1.807, 2.05) is 41.5 Å². The Balaban J connectivity index is 2.14. The fourth-order valence-corrected chi connectivity index (χ4v) is 6.05. The number of amides is 2. The molecule has 0 bridgehead atoms. The molecule has 2 amide bonds. The van der Waals surface area contributed by atoms with Gasteiger partial charge in [-0.1, -0.05) is 54.4 Å². The van der Waals surface area contributed by atoms with Crippen LogP contribution in [0.4, 0.5) is 5.69 Å². The van der Waals surface area contributed by atoms with Crippen molar-refractivity contribution in [3.8, 4) is 5.75 Å². The summed E-state index contributed by atoms with van der Waals surface area (Å²) in [6, 6.07) is 17.7. The van der Waals surface area contributed by atoms with E-state index in [2.05, 4.69) is 5.32 Å². The Morgan fingerprint density at radius 3 is 2.10 bits per heavy atom. The number of hydrogen-bond acceptors (Lipinski definition) is 5. The van der Waals surface area contributed by atoms with E-state index in [0.29, 0.717) is 17.2 Å². The number of aryl methyl sites for hydroxylation is 2. The SMILES string of the molecule is CCC(C(=O)NC(C)(C)C)N(Cc1ccc(Cl)cc1)C(=O)CN(c1cc(C)ccc1OC)S(=O)(=O)c1ccc(C)cc1. The van der Waals surface area contributed by atoms with Crippen LogP contribution in [0.5, 0.6) is 5.75 Å². The number of sulfonamides is 1. The lowest BCUT2D eigenvalue weighted by molar-refractivity contribution is -0.141. The molecule has 3 rings (SSSR count). The average Bonchev–Trinajstić information content (AvgIpc) is 2.91. The van der Waals surface area contributed by atoms with Crippen LogP contribution >= 0.6 is 11.6 Å². The van der Waals surface area contributed by atoms with Crippen LogP contribution in [0.1, 0.15) is 50.8 Å². The first-order valence-corrected chi connectivity index (χ1v) is 15.6. The normalized spacial score (nSPS) is 12.4. The van der Waals surface area contributed by atoms with Crippen molar-refractivity contribution in [2.75, 3.05) is 18.0 Å². The molecule has 1 unspecified atom stereocenters. The number of halogens is 1. The number of methoxy groups -OCH3 is 1. The second-order valence-electron chi connectivity index (χ2n) is 11.3. The molecule has 0 aromatic heterocycles. The Morgan fingerprint density at radius 1 is 0.952 bits per heavy atom. The van der Waals surface area contributed by atoms with Crippen LogP contribution in [0.15, 0.2) is 71.6 Å². The van der Waals surface area contributed by atoms with Gasteiger partial charge in [-0.15, -0.1) is 0 Å². The van der Waals surface area contributed by atoms with E-state index in [-0.39, 0.29) is 23.0 Å². The van der Waals surface area contributed by atoms with Gasteiger partial charge in [0.2, 0.25) is 11.8 Å². The number of anilines is 1. The molecule has 0 aliphatic rings. The second kappa shape index (κ2) is 13.6. The molecule has 0 aliphatic carbocycles. The third-order valence-corrected chi connectivity index (χ3v) is 8.67. The van der Waals surface area contributed by atoms with Crippen LogP contribution < -0.4 is 14.4 Å². The third-order valence-electron chi connectivity index (χ3n) is 6.64. The molecule has 0 saturated carbocycles. The summed E-state index contributed by atoms with van der Waals surface area (Å²) in [4.78, 5) is 29.2.